The molecule has 7 heteroatoms. The summed E-state index contributed by atoms with van der Waals surface area (Å²) in [6.45, 7) is 1.70. The van der Waals surface area contributed by atoms with E-state index < -0.39 is 8.56 Å². The number of nitriles is 1. The lowest BCUT2D eigenvalue weighted by Crippen LogP contribution is -2.45. The number of nitrogens with zero attached hydrogens (tertiary/aromatic N) is 1. The number of hydrogen-bond acceptors (Lipinski definition) is 4. The monoisotopic (exact) mass is 173 g/mol. The Kier molecular flexibility index (Phi) is 2.17. The molecule has 46 valence electrons. The average molecular weight is 173 g/mol. The van der Waals surface area contributed by atoms with Crippen molar-refractivity contribution in [1.29, 1.82) is 5.26 Å². The van der Waals surface area contributed by atoms with Gasteiger partial charge in [0.15, 0.2) is 0 Å². The highest BCUT2D eigenvalue weighted by Crippen LogP contribution is 2.06. The highest BCUT2D eigenvalue weighted by Gasteiger charge is 2.36. The van der Waals surface area contributed by atoms with Crippen LogP contribution in [-0.4, -0.2) is 28.6 Å². The van der Waals surface area contributed by atoms with Crippen molar-refractivity contribution in [3.8, 4) is 5.69 Å². The maximum atomic E-state index is 8.47. The van der Waals surface area contributed by atoms with Crippen LogP contribution in [0.15, 0.2) is 0 Å². The van der Waals surface area contributed by atoms with E-state index in [0.29, 0.717) is 0 Å². The fraction of sp³-hybridized carbons (Fsp3) is 0.500. The molecule has 0 N–H and O–H groups in total. The third-order valence-corrected chi connectivity index (χ3v) is 5.61. The second-order valence-electron chi connectivity index (χ2n) is 1.53. The molecule has 0 atom stereocenters. The maximum absolute atomic E-state index is 8.47. The van der Waals surface area contributed by atoms with Gasteiger partial charge < -0.3 is 12.3 Å². The molecule has 1 saturated heterocycles. The molecule has 0 amide bonds. The summed E-state index contributed by atoms with van der Waals surface area (Å²) in [5, 5.41) is 8.47. The van der Waals surface area contributed by atoms with Gasteiger partial charge >= 0.3 is 28.6 Å². The summed E-state index contributed by atoms with van der Waals surface area (Å²) in [5.74, 6) is 0. The molecule has 1 aliphatic rings. The van der Waals surface area contributed by atoms with Crippen molar-refractivity contribution >= 4 is 28.6 Å². The lowest BCUT2D eigenvalue weighted by atomic mass is 11.8. The Labute approximate surface area is 59.1 Å². The van der Waals surface area contributed by atoms with Gasteiger partial charge in [-0.05, 0) is 6.55 Å². The highest BCUT2D eigenvalue weighted by molar-refractivity contribution is 6.81. The first-order chi connectivity index (χ1) is 4.27. The maximum Gasteiger partial charge on any atom is 0.433 e. The highest BCUT2D eigenvalue weighted by atomic mass is 28.5. The van der Waals surface area contributed by atoms with Crippen molar-refractivity contribution < 1.29 is 12.3 Å². The van der Waals surface area contributed by atoms with Crippen LogP contribution in [0.3, 0.4) is 0 Å². The lowest BCUT2D eigenvalue weighted by molar-refractivity contribution is 0.313. The normalized spacial score (nSPS) is 24.9. The molecule has 1 heterocycles. The van der Waals surface area contributed by atoms with Gasteiger partial charge in [0.2, 0.25) is 0 Å². The summed E-state index contributed by atoms with van der Waals surface area (Å²) >= 11 is 0. The van der Waals surface area contributed by atoms with Crippen LogP contribution in [-0.2, 0) is 12.3 Å². The van der Waals surface area contributed by atoms with Crippen LogP contribution in [0.25, 0.3) is 0 Å². The average Bonchev–Trinajstić information content (AvgIpc) is 1.90. The van der Waals surface area contributed by atoms with Crippen LogP contribution in [0.4, 0.5) is 0 Å². The van der Waals surface area contributed by atoms with Gasteiger partial charge in [0.25, 0.3) is 0 Å². The molecule has 0 aromatic carbocycles. The van der Waals surface area contributed by atoms with Crippen LogP contribution in [0.1, 0.15) is 0 Å². The van der Waals surface area contributed by atoms with E-state index in [0.717, 1.165) is 0 Å². The van der Waals surface area contributed by atoms with Crippen molar-refractivity contribution in [1.82, 2.24) is 0 Å². The van der Waals surface area contributed by atoms with Crippen molar-refractivity contribution in [3.63, 3.8) is 0 Å². The Balaban J connectivity index is 2.49. The Morgan fingerprint density at radius 2 is 2.00 bits per heavy atom. The fourth-order valence-electron chi connectivity index (χ4n) is 0.284. The Bertz CT molecular complexity index is 138. The summed E-state index contributed by atoms with van der Waals surface area (Å²) in [5.41, 5.74) is 2.01. The lowest BCUT2D eigenvalue weighted by Gasteiger charge is -2.22. The summed E-state index contributed by atoms with van der Waals surface area (Å²) in [6, 6.07) is 0. The Morgan fingerprint density at radius 3 is 2.33 bits per heavy atom. The van der Waals surface area contributed by atoms with E-state index in [-0.39, 0.29) is 20.0 Å². The summed E-state index contributed by atoms with van der Waals surface area (Å²) < 4.78 is 14.7. The predicted molar refractivity (Wildman–Crippen MR) is 32.0 cm³/mol. The van der Waals surface area contributed by atoms with Crippen molar-refractivity contribution in [2.75, 3.05) is 0 Å². The van der Waals surface area contributed by atoms with Gasteiger partial charge in [-0.15, -0.1) is 0 Å². The van der Waals surface area contributed by atoms with Crippen LogP contribution in [0.2, 0.25) is 6.55 Å². The minimum absolute atomic E-state index is 0.0135. The minimum atomic E-state index is -2.41. The zero-order chi connectivity index (χ0) is 6.74. The van der Waals surface area contributed by atoms with E-state index in [1.54, 1.807) is 6.55 Å². The zero-order valence-corrected chi connectivity index (χ0v) is 7.67. The first-order valence-electron chi connectivity index (χ1n) is 2.20. The first kappa shape index (κ1) is 7.13. The van der Waals surface area contributed by atoms with Crippen molar-refractivity contribution in [2.45, 2.75) is 6.55 Å². The molecule has 9 heavy (non-hydrogen) atoms. The SMILES string of the molecule is C[Si]1(C#N)O[Si]O[Si]O1. The molecule has 0 aromatic rings. The molecule has 0 bridgehead atoms. The predicted octanol–water partition coefficient (Wildman–Crippen LogP) is -0.747. The molecule has 0 unspecified atom stereocenters. The summed E-state index contributed by atoms with van der Waals surface area (Å²) in [6.07, 6.45) is 0. The van der Waals surface area contributed by atoms with Gasteiger partial charge in [0.1, 0.15) is 0 Å². The smallest absolute Gasteiger partial charge is 0.412 e. The third kappa shape index (κ3) is 1.71. The second kappa shape index (κ2) is 2.74. The molecule has 1 aliphatic heterocycles. The molecule has 0 aromatic heterocycles. The molecule has 4 radical (unpaired) electrons. The van der Waals surface area contributed by atoms with Gasteiger partial charge in [-0.3, -0.25) is 0 Å². The van der Waals surface area contributed by atoms with Crippen LogP contribution in [0.5, 0.6) is 0 Å². The Morgan fingerprint density at radius 1 is 1.44 bits per heavy atom. The van der Waals surface area contributed by atoms with Gasteiger partial charge in [0, 0.05) is 0 Å². The van der Waals surface area contributed by atoms with E-state index in [1.807, 2.05) is 5.69 Å². The fourth-order valence-corrected chi connectivity index (χ4v) is 3.68. The quantitative estimate of drug-likeness (QED) is 0.452. The molecule has 0 aliphatic carbocycles. The van der Waals surface area contributed by atoms with Crippen molar-refractivity contribution in [2.24, 2.45) is 0 Å². The molecule has 0 spiro atoms. The van der Waals surface area contributed by atoms with Crippen molar-refractivity contribution in [3.05, 3.63) is 0 Å². The van der Waals surface area contributed by atoms with E-state index in [4.69, 9.17) is 17.6 Å². The molecule has 0 saturated carbocycles. The molecule has 4 nitrogen and oxygen atoms in total. The van der Waals surface area contributed by atoms with Gasteiger partial charge in [-0.25, -0.2) is 5.26 Å². The zero-order valence-electron chi connectivity index (χ0n) is 4.67. The van der Waals surface area contributed by atoms with Crippen LogP contribution < -0.4 is 0 Å². The van der Waals surface area contributed by atoms with Gasteiger partial charge in [-0.2, -0.15) is 0 Å². The largest absolute Gasteiger partial charge is 0.433 e. The van der Waals surface area contributed by atoms with E-state index >= 15 is 0 Å². The van der Waals surface area contributed by atoms with E-state index in [2.05, 4.69) is 0 Å². The first-order valence-corrected chi connectivity index (χ1v) is 6.15. The third-order valence-electron chi connectivity index (χ3n) is 0.759. The number of rotatable bonds is 0. The molecule has 1 rings (SSSR count). The molecular weight excluding hydrogens is 170 g/mol. The molecular formula is C2H3NO3Si3. The molecule has 1 fully saturated rings. The van der Waals surface area contributed by atoms with Gasteiger partial charge in [0.05, 0.1) is 5.69 Å². The second-order valence-corrected chi connectivity index (χ2v) is 6.43. The standard InChI is InChI=1S/C2H3NO3Si3/c1-9(2-3)5-7-4-8-6-9/h1H3. The number of hydrogen-bond donors (Lipinski definition) is 0. The Hall–Kier alpha value is 0.0206. The van der Waals surface area contributed by atoms with Crippen LogP contribution in [0, 0.1) is 11.0 Å². The van der Waals surface area contributed by atoms with E-state index in [9.17, 15) is 0 Å². The minimum Gasteiger partial charge on any atom is -0.412 e. The van der Waals surface area contributed by atoms with E-state index in [1.165, 1.54) is 0 Å². The summed E-state index contributed by atoms with van der Waals surface area (Å²) in [4.78, 5) is 0. The summed E-state index contributed by atoms with van der Waals surface area (Å²) in [7, 11) is -2.43. The van der Waals surface area contributed by atoms with Crippen LogP contribution >= 0.6 is 0 Å². The topological polar surface area (TPSA) is 51.5 Å². The van der Waals surface area contributed by atoms with Gasteiger partial charge in [-0.1, -0.05) is 0 Å².